The Hall–Kier alpha value is -1.55. The Labute approximate surface area is 124 Å². The van der Waals surface area contributed by atoms with Crippen LogP contribution in [0.25, 0.3) is 0 Å². The summed E-state index contributed by atoms with van der Waals surface area (Å²) < 4.78 is 0. The number of halogens is 1. The maximum Gasteiger partial charge on any atom is 0.251 e. The molecule has 1 heterocycles. The fourth-order valence-electron chi connectivity index (χ4n) is 2.39. The molecule has 0 unspecified atom stereocenters. The van der Waals surface area contributed by atoms with Crippen molar-refractivity contribution in [3.05, 3.63) is 34.9 Å². The summed E-state index contributed by atoms with van der Waals surface area (Å²) in [6, 6.07) is 6.86. The van der Waals surface area contributed by atoms with E-state index in [1.807, 2.05) is 4.90 Å². The normalized spacial score (nSPS) is 16.0. The lowest BCUT2D eigenvalue weighted by molar-refractivity contribution is -0.130. The summed E-state index contributed by atoms with van der Waals surface area (Å²) in [4.78, 5) is 25.0. The summed E-state index contributed by atoms with van der Waals surface area (Å²) in [5.74, 6) is 0.506. The number of piperidine rings is 1. The molecule has 1 aliphatic rings. The van der Waals surface area contributed by atoms with Gasteiger partial charge in [0.05, 0.1) is 0 Å². The first-order chi connectivity index (χ1) is 9.56. The van der Waals surface area contributed by atoms with E-state index in [-0.39, 0.29) is 11.8 Å². The summed E-state index contributed by atoms with van der Waals surface area (Å²) in [6.07, 6.45) is 1.89. The van der Waals surface area contributed by atoms with E-state index in [4.69, 9.17) is 11.6 Å². The van der Waals surface area contributed by atoms with E-state index in [0.717, 1.165) is 25.9 Å². The Morgan fingerprint density at radius 2 is 1.85 bits per heavy atom. The summed E-state index contributed by atoms with van der Waals surface area (Å²) >= 11 is 5.79. The first-order valence-corrected chi connectivity index (χ1v) is 7.23. The molecule has 4 nitrogen and oxygen atoms in total. The van der Waals surface area contributed by atoms with Crippen molar-refractivity contribution in [2.75, 3.05) is 19.6 Å². The molecular formula is C15H19ClN2O2. The highest BCUT2D eigenvalue weighted by Crippen LogP contribution is 2.16. The molecule has 1 fully saturated rings. The van der Waals surface area contributed by atoms with Gasteiger partial charge < -0.3 is 10.2 Å². The van der Waals surface area contributed by atoms with Crippen LogP contribution in [0.5, 0.6) is 0 Å². The third-order valence-electron chi connectivity index (χ3n) is 3.72. The van der Waals surface area contributed by atoms with Gasteiger partial charge in [-0.25, -0.2) is 0 Å². The third-order valence-corrected chi connectivity index (χ3v) is 3.97. The quantitative estimate of drug-likeness (QED) is 0.930. The molecule has 108 valence electrons. The molecule has 20 heavy (non-hydrogen) atoms. The Kier molecular flexibility index (Phi) is 5.01. The van der Waals surface area contributed by atoms with Crippen LogP contribution in [0.15, 0.2) is 24.3 Å². The van der Waals surface area contributed by atoms with Crippen LogP contribution < -0.4 is 5.32 Å². The Bertz CT molecular complexity index is 479. The number of carbonyl (C=O) groups excluding carboxylic acids is 2. The summed E-state index contributed by atoms with van der Waals surface area (Å²) in [5.41, 5.74) is 0.621. The highest BCUT2D eigenvalue weighted by molar-refractivity contribution is 6.30. The number of benzene rings is 1. The van der Waals surface area contributed by atoms with Gasteiger partial charge >= 0.3 is 0 Å². The zero-order chi connectivity index (χ0) is 14.5. The van der Waals surface area contributed by atoms with Crippen LogP contribution in [0.3, 0.4) is 0 Å². The largest absolute Gasteiger partial charge is 0.352 e. The first-order valence-electron chi connectivity index (χ1n) is 6.85. The van der Waals surface area contributed by atoms with Crippen molar-refractivity contribution in [3.63, 3.8) is 0 Å². The second-order valence-electron chi connectivity index (χ2n) is 5.17. The topological polar surface area (TPSA) is 49.4 Å². The van der Waals surface area contributed by atoms with E-state index in [1.165, 1.54) is 0 Å². The van der Waals surface area contributed by atoms with Gasteiger partial charge in [-0.1, -0.05) is 11.6 Å². The molecule has 0 radical (unpaired) electrons. The Morgan fingerprint density at radius 1 is 1.25 bits per heavy atom. The molecule has 2 rings (SSSR count). The molecule has 0 spiro atoms. The molecule has 1 saturated heterocycles. The summed E-state index contributed by atoms with van der Waals surface area (Å²) in [7, 11) is 0. The maximum absolute atomic E-state index is 12.0. The molecule has 0 saturated carbocycles. The number of amides is 2. The van der Waals surface area contributed by atoms with Crippen LogP contribution in [-0.2, 0) is 4.79 Å². The standard InChI is InChI=1S/C15H19ClN2O2/c1-11(19)18-8-6-12(7-9-18)10-17-15(20)13-2-4-14(16)5-3-13/h2-5,12H,6-10H2,1H3,(H,17,20). The number of nitrogens with zero attached hydrogens (tertiary/aromatic N) is 1. The van der Waals surface area contributed by atoms with Crippen molar-refractivity contribution in [1.82, 2.24) is 10.2 Å². The molecule has 5 heteroatoms. The van der Waals surface area contributed by atoms with Gasteiger partial charge in [0.25, 0.3) is 5.91 Å². The van der Waals surface area contributed by atoms with E-state index in [9.17, 15) is 9.59 Å². The average molecular weight is 295 g/mol. The highest BCUT2D eigenvalue weighted by Gasteiger charge is 2.21. The molecule has 0 aliphatic carbocycles. The van der Waals surface area contributed by atoms with Crippen LogP contribution in [-0.4, -0.2) is 36.3 Å². The van der Waals surface area contributed by atoms with Gasteiger partial charge in [0.2, 0.25) is 5.91 Å². The fourth-order valence-corrected chi connectivity index (χ4v) is 2.52. The SMILES string of the molecule is CC(=O)N1CCC(CNC(=O)c2ccc(Cl)cc2)CC1. The minimum Gasteiger partial charge on any atom is -0.352 e. The maximum atomic E-state index is 12.0. The van der Waals surface area contributed by atoms with Gasteiger partial charge in [-0.05, 0) is 43.0 Å². The van der Waals surface area contributed by atoms with Crippen molar-refractivity contribution in [2.45, 2.75) is 19.8 Å². The zero-order valence-corrected chi connectivity index (χ0v) is 12.3. The molecule has 0 bridgehead atoms. The van der Waals surface area contributed by atoms with Crippen molar-refractivity contribution in [1.29, 1.82) is 0 Å². The van der Waals surface area contributed by atoms with E-state index in [2.05, 4.69) is 5.32 Å². The minimum atomic E-state index is -0.0735. The minimum absolute atomic E-state index is 0.0735. The van der Waals surface area contributed by atoms with Crippen LogP contribution in [0.4, 0.5) is 0 Å². The molecule has 1 aromatic carbocycles. The monoisotopic (exact) mass is 294 g/mol. The molecule has 1 aliphatic heterocycles. The molecule has 0 atom stereocenters. The number of rotatable bonds is 3. The predicted molar refractivity (Wildman–Crippen MR) is 78.8 cm³/mol. The van der Waals surface area contributed by atoms with Crippen molar-refractivity contribution < 1.29 is 9.59 Å². The van der Waals surface area contributed by atoms with Crippen LogP contribution in [0.2, 0.25) is 5.02 Å². The molecule has 1 aromatic rings. The van der Waals surface area contributed by atoms with Gasteiger partial charge in [0.15, 0.2) is 0 Å². The number of hydrogen-bond acceptors (Lipinski definition) is 2. The average Bonchev–Trinajstić information content (AvgIpc) is 2.46. The van der Waals surface area contributed by atoms with Gasteiger partial charge in [0, 0.05) is 37.1 Å². The second kappa shape index (κ2) is 6.75. The lowest BCUT2D eigenvalue weighted by atomic mass is 9.96. The van der Waals surface area contributed by atoms with Gasteiger partial charge in [-0.2, -0.15) is 0 Å². The zero-order valence-electron chi connectivity index (χ0n) is 11.6. The smallest absolute Gasteiger partial charge is 0.251 e. The fraction of sp³-hybridized carbons (Fsp3) is 0.467. The number of nitrogens with one attached hydrogen (secondary N) is 1. The van der Waals surface area contributed by atoms with Crippen molar-refractivity contribution >= 4 is 23.4 Å². The van der Waals surface area contributed by atoms with Gasteiger partial charge in [-0.15, -0.1) is 0 Å². The van der Waals surface area contributed by atoms with Crippen molar-refractivity contribution in [2.24, 2.45) is 5.92 Å². The first kappa shape index (κ1) is 14.9. The van der Waals surface area contributed by atoms with E-state index >= 15 is 0 Å². The van der Waals surface area contributed by atoms with Gasteiger partial charge in [-0.3, -0.25) is 9.59 Å². The van der Waals surface area contributed by atoms with Crippen LogP contribution in [0, 0.1) is 5.92 Å². The van der Waals surface area contributed by atoms with Crippen LogP contribution >= 0.6 is 11.6 Å². The van der Waals surface area contributed by atoms with Crippen LogP contribution in [0.1, 0.15) is 30.1 Å². The number of likely N-dealkylation sites (tertiary alicyclic amines) is 1. The van der Waals surface area contributed by atoms with Gasteiger partial charge in [0.1, 0.15) is 0 Å². The predicted octanol–water partition coefficient (Wildman–Crippen LogP) is 2.33. The summed E-state index contributed by atoms with van der Waals surface area (Å²) in [5, 5.41) is 3.57. The Morgan fingerprint density at radius 3 is 2.40 bits per heavy atom. The molecular weight excluding hydrogens is 276 g/mol. The van der Waals surface area contributed by atoms with E-state index < -0.39 is 0 Å². The number of carbonyl (C=O) groups is 2. The summed E-state index contributed by atoms with van der Waals surface area (Å²) in [6.45, 7) is 3.84. The molecule has 1 N–H and O–H groups in total. The van der Waals surface area contributed by atoms with Crippen molar-refractivity contribution in [3.8, 4) is 0 Å². The second-order valence-corrected chi connectivity index (χ2v) is 5.60. The van der Waals surface area contributed by atoms with E-state index in [0.29, 0.717) is 23.0 Å². The third kappa shape index (κ3) is 3.97. The Balaban J connectivity index is 1.77. The highest BCUT2D eigenvalue weighted by atomic mass is 35.5. The molecule has 0 aromatic heterocycles. The van der Waals surface area contributed by atoms with E-state index in [1.54, 1.807) is 31.2 Å². The number of hydrogen-bond donors (Lipinski definition) is 1. The lowest BCUT2D eigenvalue weighted by Crippen LogP contribution is -2.40. The molecule has 2 amide bonds. The lowest BCUT2D eigenvalue weighted by Gasteiger charge is -2.31.